The summed E-state index contributed by atoms with van der Waals surface area (Å²) in [6.45, 7) is 4.99. The van der Waals surface area contributed by atoms with Crippen LogP contribution in [-0.4, -0.2) is 19.2 Å². The molecule has 0 spiro atoms. The molecule has 0 aromatic heterocycles. The Hall–Kier alpha value is -1.77. The van der Waals surface area contributed by atoms with Gasteiger partial charge in [0.05, 0.1) is 0 Å². The molecule has 0 unspecified atom stereocenters. The Balaban J connectivity index is 2.28. The van der Waals surface area contributed by atoms with Gasteiger partial charge in [0.1, 0.15) is 6.61 Å². The molecule has 0 radical (unpaired) electrons. The molecule has 0 aliphatic heterocycles. The Kier molecular flexibility index (Phi) is 5.86. The zero-order valence-corrected chi connectivity index (χ0v) is 10.4. The number of hydrogen-bond acceptors (Lipinski definition) is 2. The summed E-state index contributed by atoms with van der Waals surface area (Å²) >= 11 is 0. The van der Waals surface area contributed by atoms with Crippen molar-refractivity contribution in [3.63, 3.8) is 0 Å². The second-order valence-corrected chi connectivity index (χ2v) is 3.84. The van der Waals surface area contributed by atoms with Crippen LogP contribution in [0, 0.1) is 6.92 Å². The number of rotatable bonds is 5. The summed E-state index contributed by atoms with van der Waals surface area (Å²) in [6, 6.07) is 8.14. The van der Waals surface area contributed by atoms with Crippen molar-refractivity contribution in [2.24, 2.45) is 0 Å². The van der Waals surface area contributed by atoms with E-state index in [0.29, 0.717) is 13.2 Å². The van der Waals surface area contributed by atoms with Crippen molar-refractivity contribution in [2.45, 2.75) is 20.3 Å². The normalized spacial score (nSPS) is 10.5. The van der Waals surface area contributed by atoms with Crippen LogP contribution in [0.25, 0.3) is 6.08 Å². The lowest BCUT2D eigenvalue weighted by molar-refractivity contribution is 0.158. The first-order valence-corrected chi connectivity index (χ1v) is 5.86. The lowest BCUT2D eigenvalue weighted by atomic mass is 10.1. The van der Waals surface area contributed by atoms with Crippen molar-refractivity contribution >= 4 is 12.2 Å². The average molecular weight is 233 g/mol. The molecule has 92 valence electrons. The van der Waals surface area contributed by atoms with E-state index < -0.39 is 0 Å². The molecule has 17 heavy (non-hydrogen) atoms. The van der Waals surface area contributed by atoms with E-state index in [0.717, 1.165) is 12.0 Å². The van der Waals surface area contributed by atoms with Gasteiger partial charge in [0.2, 0.25) is 0 Å². The van der Waals surface area contributed by atoms with Crippen LogP contribution in [0.1, 0.15) is 24.5 Å². The molecule has 3 heteroatoms. The Morgan fingerprint density at radius 1 is 1.47 bits per heavy atom. The van der Waals surface area contributed by atoms with E-state index in [9.17, 15) is 4.79 Å². The fraction of sp³-hybridized carbons (Fsp3) is 0.357. The van der Waals surface area contributed by atoms with E-state index in [2.05, 4.69) is 11.4 Å². The molecule has 1 N–H and O–H groups in total. The number of carbonyl (C=O) groups excluding carboxylic acids is 1. The maximum Gasteiger partial charge on any atom is 0.407 e. The largest absolute Gasteiger partial charge is 0.445 e. The van der Waals surface area contributed by atoms with Crippen LogP contribution in [0.5, 0.6) is 0 Å². The standard InChI is InChI=1S/C14H19NO2/c1-3-9-15-14(16)17-10-5-8-13-7-4-6-12(2)11-13/h4-8,11H,3,9-10H2,1-2H3,(H,15,16)/b8-5+. The highest BCUT2D eigenvalue weighted by Gasteiger charge is 1.96. The van der Waals surface area contributed by atoms with E-state index in [1.807, 2.05) is 44.2 Å². The molecule has 1 amide bonds. The highest BCUT2D eigenvalue weighted by molar-refractivity contribution is 5.67. The van der Waals surface area contributed by atoms with Gasteiger partial charge in [-0.1, -0.05) is 42.8 Å². The van der Waals surface area contributed by atoms with Gasteiger partial charge in [-0.2, -0.15) is 0 Å². The van der Waals surface area contributed by atoms with Crippen LogP contribution >= 0.6 is 0 Å². The van der Waals surface area contributed by atoms with E-state index in [1.54, 1.807) is 0 Å². The molecular weight excluding hydrogens is 214 g/mol. The van der Waals surface area contributed by atoms with Crippen molar-refractivity contribution in [3.05, 3.63) is 41.5 Å². The van der Waals surface area contributed by atoms with Crippen LogP contribution in [-0.2, 0) is 4.74 Å². The number of aryl methyl sites for hydroxylation is 1. The van der Waals surface area contributed by atoms with Crippen molar-refractivity contribution in [1.82, 2.24) is 5.32 Å². The van der Waals surface area contributed by atoms with Crippen LogP contribution in [0.2, 0.25) is 0 Å². The Morgan fingerprint density at radius 2 is 2.29 bits per heavy atom. The molecule has 1 aromatic carbocycles. The molecule has 0 aliphatic carbocycles. The highest BCUT2D eigenvalue weighted by atomic mass is 16.5. The van der Waals surface area contributed by atoms with Crippen molar-refractivity contribution in [1.29, 1.82) is 0 Å². The van der Waals surface area contributed by atoms with E-state index in [4.69, 9.17) is 4.74 Å². The molecule has 1 aromatic rings. The maximum atomic E-state index is 11.1. The molecule has 0 saturated heterocycles. The number of ether oxygens (including phenoxy) is 1. The third-order valence-corrected chi connectivity index (χ3v) is 2.18. The zero-order valence-electron chi connectivity index (χ0n) is 10.4. The summed E-state index contributed by atoms with van der Waals surface area (Å²) in [4.78, 5) is 11.1. The van der Waals surface area contributed by atoms with Gasteiger partial charge in [-0.25, -0.2) is 4.79 Å². The number of alkyl carbamates (subject to hydrolysis) is 1. The van der Waals surface area contributed by atoms with Crippen LogP contribution < -0.4 is 5.32 Å². The zero-order chi connectivity index (χ0) is 12.5. The highest BCUT2D eigenvalue weighted by Crippen LogP contribution is 2.05. The Morgan fingerprint density at radius 3 is 3.00 bits per heavy atom. The smallest absolute Gasteiger partial charge is 0.407 e. The predicted octanol–water partition coefficient (Wildman–Crippen LogP) is 3.14. The minimum atomic E-state index is -0.360. The molecule has 1 rings (SSSR count). The molecule has 0 heterocycles. The monoisotopic (exact) mass is 233 g/mol. The molecule has 3 nitrogen and oxygen atoms in total. The Labute approximate surface area is 102 Å². The van der Waals surface area contributed by atoms with Gasteiger partial charge in [-0.15, -0.1) is 0 Å². The van der Waals surface area contributed by atoms with Crippen LogP contribution in [0.3, 0.4) is 0 Å². The third-order valence-electron chi connectivity index (χ3n) is 2.18. The lowest BCUT2D eigenvalue weighted by Gasteiger charge is -2.02. The Bertz CT molecular complexity index is 386. The topological polar surface area (TPSA) is 38.3 Å². The van der Waals surface area contributed by atoms with Gasteiger partial charge in [-0.05, 0) is 25.0 Å². The first kappa shape index (κ1) is 13.3. The van der Waals surface area contributed by atoms with Crippen molar-refractivity contribution in [3.8, 4) is 0 Å². The predicted molar refractivity (Wildman–Crippen MR) is 69.9 cm³/mol. The van der Waals surface area contributed by atoms with Gasteiger partial charge >= 0.3 is 6.09 Å². The van der Waals surface area contributed by atoms with Crippen molar-refractivity contribution in [2.75, 3.05) is 13.2 Å². The SMILES string of the molecule is CCCNC(=O)OC/C=C/c1cccc(C)c1. The van der Waals surface area contributed by atoms with Crippen LogP contribution in [0.4, 0.5) is 4.79 Å². The number of nitrogens with one attached hydrogen (secondary N) is 1. The minimum Gasteiger partial charge on any atom is -0.445 e. The number of amides is 1. The molecule has 0 saturated carbocycles. The minimum absolute atomic E-state index is 0.295. The van der Waals surface area contributed by atoms with E-state index in [1.165, 1.54) is 5.56 Å². The molecule has 0 bridgehead atoms. The fourth-order valence-corrected chi connectivity index (χ4v) is 1.36. The molecule has 0 fully saturated rings. The van der Waals surface area contributed by atoms with Gasteiger partial charge < -0.3 is 10.1 Å². The lowest BCUT2D eigenvalue weighted by Crippen LogP contribution is -2.24. The summed E-state index contributed by atoms with van der Waals surface area (Å²) in [5, 5.41) is 2.65. The summed E-state index contributed by atoms with van der Waals surface area (Å²) < 4.78 is 4.96. The molecular formula is C14H19NO2. The number of hydrogen-bond donors (Lipinski definition) is 1. The van der Waals surface area contributed by atoms with E-state index in [-0.39, 0.29) is 6.09 Å². The summed E-state index contributed by atoms with van der Waals surface area (Å²) in [7, 11) is 0. The van der Waals surface area contributed by atoms with Crippen molar-refractivity contribution < 1.29 is 9.53 Å². The first-order valence-electron chi connectivity index (χ1n) is 5.86. The van der Waals surface area contributed by atoms with E-state index >= 15 is 0 Å². The average Bonchev–Trinajstić information content (AvgIpc) is 2.32. The van der Waals surface area contributed by atoms with Gasteiger partial charge in [0.25, 0.3) is 0 Å². The van der Waals surface area contributed by atoms with Gasteiger partial charge in [0, 0.05) is 6.54 Å². The first-order chi connectivity index (χ1) is 8.22. The third kappa shape index (κ3) is 5.76. The number of benzene rings is 1. The molecule has 0 aliphatic rings. The quantitative estimate of drug-likeness (QED) is 0.848. The number of carbonyl (C=O) groups is 1. The maximum absolute atomic E-state index is 11.1. The van der Waals surface area contributed by atoms with Gasteiger partial charge in [0.15, 0.2) is 0 Å². The van der Waals surface area contributed by atoms with Crippen LogP contribution in [0.15, 0.2) is 30.3 Å². The van der Waals surface area contributed by atoms with Gasteiger partial charge in [-0.3, -0.25) is 0 Å². The second-order valence-electron chi connectivity index (χ2n) is 3.84. The summed E-state index contributed by atoms with van der Waals surface area (Å²) in [5.41, 5.74) is 2.33. The summed E-state index contributed by atoms with van der Waals surface area (Å²) in [5.74, 6) is 0. The summed E-state index contributed by atoms with van der Waals surface area (Å²) in [6.07, 6.45) is 4.33. The second kappa shape index (κ2) is 7.49. The molecule has 0 atom stereocenters. The fourth-order valence-electron chi connectivity index (χ4n) is 1.36.